The molecule has 2 aromatic rings. The summed E-state index contributed by atoms with van der Waals surface area (Å²) >= 11 is 2.75. The van der Waals surface area contributed by atoms with Crippen molar-refractivity contribution in [2.24, 2.45) is 35.1 Å². The van der Waals surface area contributed by atoms with Crippen molar-refractivity contribution < 1.29 is 140 Å². The maximum Gasteiger partial charge on any atom is 0.410 e. The topological polar surface area (TPSA) is 543 Å². The maximum atomic E-state index is 14.7. The van der Waals surface area contributed by atoms with Crippen LogP contribution >= 0.6 is 55.9 Å². The van der Waals surface area contributed by atoms with Crippen molar-refractivity contribution in [3.63, 3.8) is 0 Å². The number of aliphatic hydroxyl groups excluding tert-OH is 4. The van der Waals surface area contributed by atoms with E-state index in [2.05, 4.69) is 50.5 Å². The molecular weight excluding hydrogens is 1880 g/mol. The van der Waals surface area contributed by atoms with Crippen molar-refractivity contribution in [1.82, 2.24) is 26.4 Å². The van der Waals surface area contributed by atoms with Gasteiger partial charge >= 0.3 is 18.1 Å². The van der Waals surface area contributed by atoms with Crippen molar-refractivity contribution in [3.05, 3.63) is 79.5 Å². The highest BCUT2D eigenvalue weighted by molar-refractivity contribution is 14.1. The lowest BCUT2D eigenvalue weighted by atomic mass is 9.72. The molecule has 0 saturated carbocycles. The lowest BCUT2D eigenvalue weighted by Crippen LogP contribution is -2.65. The zero-order valence-corrected chi connectivity index (χ0v) is 80.9. The molecule has 4 saturated heterocycles. The lowest BCUT2D eigenvalue weighted by Gasteiger charge is -2.47. The average molecular weight is 2010 g/mol. The highest BCUT2D eigenvalue weighted by Crippen LogP contribution is 2.50. The summed E-state index contributed by atoms with van der Waals surface area (Å²) in [5.74, 6) is 11.6. The van der Waals surface area contributed by atoms with Crippen molar-refractivity contribution in [3.8, 4) is 40.9 Å². The van der Waals surface area contributed by atoms with Crippen LogP contribution in [-0.2, 0) is 92.4 Å². The van der Waals surface area contributed by atoms with Gasteiger partial charge in [-0.2, -0.15) is 5.48 Å². The molecule has 2 bridgehead atoms. The van der Waals surface area contributed by atoms with Gasteiger partial charge in [-0.1, -0.05) is 95.5 Å². The second-order valence-corrected chi connectivity index (χ2v) is 38.8. The number of thioether (sulfide) groups is 1. The molecule has 0 spiro atoms. The van der Waals surface area contributed by atoms with E-state index in [-0.39, 0.29) is 128 Å². The number of hydrogen-bond acceptors (Lipinski definition) is 35. The Hall–Kier alpha value is -7.62. The Labute approximate surface area is 788 Å². The molecule has 22 atom stereocenters. The number of allylic oxidation sites excluding steroid dienone is 2. The predicted octanol–water partition coefficient (Wildman–Crippen LogP) is 5.20. The number of nitrogens with one attached hydrogen (secondary N) is 5. The Morgan fingerprint density at radius 2 is 1.50 bits per heavy atom. The highest BCUT2D eigenvalue weighted by atomic mass is 127. The van der Waals surface area contributed by atoms with Crippen LogP contribution in [0.4, 0.5) is 15.3 Å². The van der Waals surface area contributed by atoms with Crippen LogP contribution in [0.2, 0.25) is 0 Å². The van der Waals surface area contributed by atoms with E-state index < -0.39 is 203 Å². The van der Waals surface area contributed by atoms with Crippen LogP contribution in [0.5, 0.6) is 17.2 Å². The number of halogens is 1. The average Bonchev–Trinajstić information content (AvgIpc) is 1.26. The van der Waals surface area contributed by atoms with Crippen LogP contribution in [0.15, 0.2) is 59.2 Å². The number of carbonyl (C=O) groups is 10. The number of nitrogens with two attached hydrogens (primary N) is 3. The van der Waals surface area contributed by atoms with Crippen LogP contribution in [0.3, 0.4) is 0 Å². The van der Waals surface area contributed by atoms with Crippen molar-refractivity contribution in [1.29, 1.82) is 0 Å². The number of hydroxylamine groups is 1. The molecule has 42 heteroatoms. The molecule has 38 nitrogen and oxygen atoms in total. The Morgan fingerprint density at radius 1 is 0.817 bits per heavy atom. The summed E-state index contributed by atoms with van der Waals surface area (Å²) in [7, 11) is 9.20. The quantitative estimate of drug-likeness (QED) is 0.00592. The summed E-state index contributed by atoms with van der Waals surface area (Å²) in [6.07, 6.45) is -15.5. The Bertz CT molecular complexity index is 4530. The molecule has 2 aromatic carbocycles. The molecule has 726 valence electrons. The Kier molecular flexibility index (Phi) is 42.6. The number of ether oxygens (including phenoxy) is 13. The van der Waals surface area contributed by atoms with E-state index >= 15 is 0 Å². The zero-order valence-electron chi connectivity index (χ0n) is 76.3. The number of rotatable bonds is 45. The van der Waals surface area contributed by atoms with E-state index in [4.69, 9.17) is 83.7 Å². The fraction of sp³-hybridized carbons (Fsp3) is 0.640. The van der Waals surface area contributed by atoms with E-state index in [0.29, 0.717) is 46.2 Å². The predicted molar refractivity (Wildman–Crippen MR) is 491 cm³/mol. The minimum Gasteiger partial charge on any atom is -0.492 e. The summed E-state index contributed by atoms with van der Waals surface area (Å²) in [4.78, 5) is 143. The molecule has 131 heavy (non-hydrogen) atoms. The number of benzene rings is 2. The van der Waals surface area contributed by atoms with Crippen LogP contribution in [0, 0.1) is 51.9 Å². The Balaban J connectivity index is 1.02. The highest BCUT2D eigenvalue weighted by Gasteiger charge is 2.53. The molecule has 6 amide bonds. The molecule has 0 aromatic heterocycles. The molecule has 4 heterocycles. The van der Waals surface area contributed by atoms with Gasteiger partial charge in [0.1, 0.15) is 49.0 Å². The third-order valence-electron chi connectivity index (χ3n) is 23.1. The first kappa shape index (κ1) is 109. The monoisotopic (exact) mass is 2010 g/mol. The molecule has 6 aliphatic rings. The van der Waals surface area contributed by atoms with Crippen LogP contribution in [-0.4, -0.2) is 282 Å². The van der Waals surface area contributed by atoms with Gasteiger partial charge in [0.15, 0.2) is 47.5 Å². The first-order chi connectivity index (χ1) is 62.2. The maximum absolute atomic E-state index is 14.7. The van der Waals surface area contributed by atoms with Gasteiger partial charge in [0, 0.05) is 104 Å². The van der Waals surface area contributed by atoms with Gasteiger partial charge in [0.2, 0.25) is 34.9 Å². The van der Waals surface area contributed by atoms with Crippen molar-refractivity contribution >= 4 is 120 Å². The Morgan fingerprint density at radius 3 is 2.14 bits per heavy atom. The summed E-state index contributed by atoms with van der Waals surface area (Å²) in [6.45, 7) is 16.9. The zero-order chi connectivity index (χ0) is 96.5. The number of amides is 6. The lowest BCUT2D eigenvalue weighted by molar-refractivity contribution is -0.337. The number of aliphatic hydroxyl groups is 5. The van der Waals surface area contributed by atoms with E-state index in [1.807, 2.05) is 36.4 Å². The first-order valence-corrected chi connectivity index (χ1v) is 47.5. The van der Waals surface area contributed by atoms with Crippen molar-refractivity contribution in [2.75, 3.05) is 72.9 Å². The fourth-order valence-corrected chi connectivity index (χ4v) is 20.2. The SMILES string of the molecule is CCN(C(=O)OCc1ccc(NC(=O)[C@H](CCCNC(N)=O)CC(=O)[C@@H](NC(=O)[C@H](CCCCN)CC(C)=O)C(C)C)cc1)[C@H]1CO[C@@H](O[C@H]2[C@H](O[C@H]3C#C/C=C\C#C[C@]4(O)CC(=O)C(CC(=O)OC)=C3/C4=C\CSSC(C)(C)CC(=O)NN)O[C@H](C)[C@@H](NO[C@H]3C[C@H](O)[C@H](SC(=O)c4c(C)c(I)c(O[C@@H]5O[C@@H](C)[C@H](O)[C@@H](OC)[C@H]5O)c(OC)c4OC)[C@@H](C)O3)[C@H]2O)C[C@@H]1OC. The number of methoxy groups -OCH3 is 5. The summed E-state index contributed by atoms with van der Waals surface area (Å²) in [5, 5.41) is 66.3. The number of urea groups is 1. The number of nitrogens with zero attached hydrogens (tertiary/aromatic N) is 1. The van der Waals surface area contributed by atoms with Gasteiger partial charge in [-0.15, -0.1) is 0 Å². The largest absolute Gasteiger partial charge is 0.492 e. The molecule has 4 fully saturated rings. The van der Waals surface area contributed by atoms with Gasteiger partial charge in [-0.3, -0.25) is 43.8 Å². The number of likely N-dealkylation sites (N-methyl/N-ethyl adjacent to an activating group) is 1. The molecule has 2 aliphatic carbocycles. The molecular formula is C89H126IN9O29S3. The number of carbonyl (C=O) groups excluding carboxylic acids is 10. The number of anilines is 1. The molecule has 8 rings (SSSR count). The normalized spacial score (nSPS) is 27.9. The van der Waals surface area contributed by atoms with E-state index in [1.54, 1.807) is 78.8 Å². The van der Waals surface area contributed by atoms with Crippen LogP contribution < -0.4 is 58.4 Å². The second kappa shape index (κ2) is 51.4. The van der Waals surface area contributed by atoms with E-state index in [9.17, 15) is 73.5 Å². The fourth-order valence-electron chi connectivity index (χ4n) is 16.1. The smallest absolute Gasteiger partial charge is 0.410 e. The summed E-state index contributed by atoms with van der Waals surface area (Å²) < 4.78 is 79.3. The van der Waals surface area contributed by atoms with Gasteiger partial charge in [0.25, 0.3) is 0 Å². The number of fused-ring (bicyclic) bond motifs is 2. The van der Waals surface area contributed by atoms with Gasteiger partial charge in [0.05, 0.1) is 104 Å². The van der Waals surface area contributed by atoms with Gasteiger partial charge in [-0.25, -0.2) is 15.4 Å². The molecule has 16 N–H and O–H groups in total. The van der Waals surface area contributed by atoms with E-state index in [1.165, 1.54) is 74.0 Å². The number of esters is 1. The molecule has 0 radical (unpaired) electrons. The third-order valence-corrected chi connectivity index (χ3v) is 28.9. The summed E-state index contributed by atoms with van der Waals surface area (Å²) in [6, 6.07) is 2.58. The first-order valence-electron chi connectivity index (χ1n) is 43.3. The van der Waals surface area contributed by atoms with Gasteiger partial charge < -0.3 is 124 Å². The number of hydrogen-bond donors (Lipinski definition) is 13. The summed E-state index contributed by atoms with van der Waals surface area (Å²) in [5.41, 5.74) is 15.0. The number of ketones is 3. The van der Waals surface area contributed by atoms with Crippen LogP contribution in [0.25, 0.3) is 0 Å². The minimum absolute atomic E-state index is 0.0109. The van der Waals surface area contributed by atoms with Crippen molar-refractivity contribution in [2.45, 2.75) is 279 Å². The van der Waals surface area contributed by atoms with Crippen LogP contribution in [0.1, 0.15) is 161 Å². The van der Waals surface area contributed by atoms with E-state index in [0.717, 1.165) is 18.9 Å². The number of Topliss-reactive ketones (excluding diaryl/α,β-unsaturated/α-hetero) is 3. The third kappa shape index (κ3) is 29.5. The molecule has 0 unspecified atom stereocenters. The number of primary amides is 1. The minimum atomic E-state index is -2.22. The molecule has 4 aliphatic heterocycles. The number of hydrazine groups is 1. The number of unbranched alkanes of at least 4 members (excludes halogenated alkanes) is 1. The van der Waals surface area contributed by atoms with Gasteiger partial charge in [-0.05, 0) is 152 Å². The standard InChI is InChI=1S/C89H126IN9O29S3/c1-16-99(87(113)121-43-51-27-29-54(30-28-51)95-81(109)53(25-23-34-94-86(92)112)37-58(101)70(45(2)3)96-82(110)52(36-46(4)100)24-20-22-33-91)57-44-120-65(40-62(57)115-11)126-78-73(107)71(48(6)123-85(78)125-61-26-19-17-18-21-32-89(114)41-60(103)55(38-64(105)116-12)68(61)56(89)31-35-129-131-88(9,10)42-63(104)97-93)98-128-66-39-59(102)80(50(8)122-66)130-83(111)67-47(5)69(90)76(79(119-15)75(67)117-13)127-84-74(108)77(118-14)72(106)49(7)124-84/h17-18,27-31,45,48-50,52-53,57,59,61-62,65-66,70-74,77-78,80,84-85,98,102,106-108,114H,16,20,22-25,33-44,91,93H2,1-15H3,(H,95,109)(H,96,110)(H,97,104)(H3,92,94,112)/b18-17-,56-31+/t48-,49+,50-,52-,53-,57+,59+,61+,62+,65+,66+,70+,71-,72+,73-,74-,77-,78-,80-,84+,85+,89+/m1/s1. The second-order valence-electron chi connectivity index (χ2n) is 33.5.